The third-order valence-corrected chi connectivity index (χ3v) is 5.48. The Hall–Kier alpha value is -1.42. The first-order chi connectivity index (χ1) is 10.4. The molecule has 3 rings (SSSR count). The number of aryl methyl sites for hydroxylation is 1. The van der Waals surface area contributed by atoms with Crippen LogP contribution in [0.25, 0.3) is 0 Å². The standard InChI is InChI=1S/C17H23N3S/c1-2-20-12-11-18-17(20)13-19-15-9-5-6-10-16(15)21-14-7-3-4-8-14/h5-6,9-12,14,19H,2-4,7-8,13H2,1H3. The number of benzene rings is 1. The van der Waals surface area contributed by atoms with E-state index in [0.717, 1.165) is 24.2 Å². The van der Waals surface area contributed by atoms with Gasteiger partial charge in [-0.1, -0.05) is 25.0 Å². The molecule has 0 unspecified atom stereocenters. The average molecular weight is 301 g/mol. The maximum absolute atomic E-state index is 4.43. The molecule has 0 atom stereocenters. The Kier molecular flexibility index (Phi) is 4.86. The maximum atomic E-state index is 4.43. The van der Waals surface area contributed by atoms with Crippen LogP contribution in [-0.4, -0.2) is 14.8 Å². The molecule has 1 aromatic carbocycles. The summed E-state index contributed by atoms with van der Waals surface area (Å²) in [5.41, 5.74) is 1.24. The van der Waals surface area contributed by atoms with Crippen LogP contribution in [0.15, 0.2) is 41.6 Å². The summed E-state index contributed by atoms with van der Waals surface area (Å²) in [6.45, 7) is 3.90. The second-order valence-electron chi connectivity index (χ2n) is 5.50. The number of rotatable bonds is 6. The Bertz CT molecular complexity index is 573. The molecule has 1 aliphatic rings. The van der Waals surface area contributed by atoms with E-state index < -0.39 is 0 Å². The first-order valence-electron chi connectivity index (χ1n) is 7.86. The van der Waals surface area contributed by atoms with Crippen LogP contribution in [0.1, 0.15) is 38.4 Å². The second-order valence-corrected chi connectivity index (χ2v) is 6.85. The number of hydrogen-bond donors (Lipinski definition) is 1. The molecule has 21 heavy (non-hydrogen) atoms. The fourth-order valence-corrected chi connectivity index (χ4v) is 4.22. The summed E-state index contributed by atoms with van der Waals surface area (Å²) >= 11 is 2.04. The summed E-state index contributed by atoms with van der Waals surface area (Å²) in [7, 11) is 0. The molecule has 0 saturated heterocycles. The van der Waals surface area contributed by atoms with Gasteiger partial charge in [-0.3, -0.25) is 0 Å². The van der Waals surface area contributed by atoms with Crippen LogP contribution in [0.5, 0.6) is 0 Å². The Balaban J connectivity index is 1.67. The third kappa shape index (κ3) is 3.62. The quantitative estimate of drug-likeness (QED) is 0.849. The number of para-hydroxylation sites is 1. The highest BCUT2D eigenvalue weighted by Crippen LogP contribution is 2.38. The van der Waals surface area contributed by atoms with Gasteiger partial charge < -0.3 is 9.88 Å². The topological polar surface area (TPSA) is 29.9 Å². The van der Waals surface area contributed by atoms with Gasteiger partial charge in [0.25, 0.3) is 0 Å². The van der Waals surface area contributed by atoms with Crippen molar-refractivity contribution in [2.75, 3.05) is 5.32 Å². The molecule has 1 aromatic heterocycles. The highest BCUT2D eigenvalue weighted by molar-refractivity contribution is 8.00. The van der Waals surface area contributed by atoms with Crippen molar-refractivity contribution in [3.8, 4) is 0 Å². The molecule has 0 radical (unpaired) electrons. The van der Waals surface area contributed by atoms with Crippen molar-refractivity contribution in [3.63, 3.8) is 0 Å². The van der Waals surface area contributed by atoms with Gasteiger partial charge in [0.1, 0.15) is 5.82 Å². The van der Waals surface area contributed by atoms with E-state index in [1.54, 1.807) is 0 Å². The largest absolute Gasteiger partial charge is 0.377 e. The zero-order valence-corrected chi connectivity index (χ0v) is 13.4. The van der Waals surface area contributed by atoms with E-state index in [1.165, 1.54) is 36.3 Å². The molecule has 1 fully saturated rings. The van der Waals surface area contributed by atoms with Gasteiger partial charge in [0.05, 0.1) is 6.54 Å². The van der Waals surface area contributed by atoms with E-state index in [1.807, 2.05) is 24.2 Å². The molecular formula is C17H23N3S. The molecule has 1 heterocycles. The fraction of sp³-hybridized carbons (Fsp3) is 0.471. The molecule has 4 heteroatoms. The first kappa shape index (κ1) is 14.5. The minimum absolute atomic E-state index is 0.781. The molecular weight excluding hydrogens is 278 g/mol. The first-order valence-corrected chi connectivity index (χ1v) is 8.74. The summed E-state index contributed by atoms with van der Waals surface area (Å²) in [5.74, 6) is 1.10. The number of hydrogen-bond acceptors (Lipinski definition) is 3. The predicted molar refractivity (Wildman–Crippen MR) is 89.8 cm³/mol. The van der Waals surface area contributed by atoms with Crippen LogP contribution in [0.3, 0.4) is 0 Å². The third-order valence-electron chi connectivity index (χ3n) is 4.06. The summed E-state index contributed by atoms with van der Waals surface area (Å²) < 4.78 is 2.18. The van der Waals surface area contributed by atoms with Crippen molar-refractivity contribution in [2.24, 2.45) is 0 Å². The molecule has 1 saturated carbocycles. The van der Waals surface area contributed by atoms with Crippen molar-refractivity contribution in [1.29, 1.82) is 0 Å². The number of nitrogens with one attached hydrogen (secondary N) is 1. The summed E-state index contributed by atoms with van der Waals surface area (Å²) in [4.78, 5) is 5.80. The van der Waals surface area contributed by atoms with Gasteiger partial charge in [-0.25, -0.2) is 4.98 Å². The van der Waals surface area contributed by atoms with Crippen LogP contribution in [0.4, 0.5) is 5.69 Å². The van der Waals surface area contributed by atoms with Gasteiger partial charge in [0.15, 0.2) is 0 Å². The van der Waals surface area contributed by atoms with E-state index in [9.17, 15) is 0 Å². The number of aromatic nitrogens is 2. The van der Waals surface area contributed by atoms with Crippen LogP contribution < -0.4 is 5.32 Å². The summed E-state index contributed by atoms with van der Waals surface area (Å²) in [5, 5.41) is 4.36. The maximum Gasteiger partial charge on any atom is 0.128 e. The SMILES string of the molecule is CCn1ccnc1CNc1ccccc1SC1CCCC1. The normalized spacial score (nSPS) is 15.5. The molecule has 0 amide bonds. The lowest BCUT2D eigenvalue weighted by Crippen LogP contribution is -2.08. The second kappa shape index (κ2) is 7.03. The Labute approximate surface area is 131 Å². The molecule has 0 bridgehead atoms. The molecule has 0 aliphatic heterocycles. The summed E-state index contributed by atoms with van der Waals surface area (Å²) in [6.07, 6.45) is 9.41. The fourth-order valence-electron chi connectivity index (χ4n) is 2.87. The lowest BCUT2D eigenvalue weighted by atomic mass is 10.3. The van der Waals surface area contributed by atoms with Crippen molar-refractivity contribution in [2.45, 2.75) is 55.8 Å². The van der Waals surface area contributed by atoms with E-state index in [0.29, 0.717) is 0 Å². The zero-order chi connectivity index (χ0) is 14.5. The smallest absolute Gasteiger partial charge is 0.128 e. The molecule has 1 aliphatic carbocycles. The lowest BCUT2D eigenvalue weighted by molar-refractivity contribution is 0.707. The molecule has 112 valence electrons. The van der Waals surface area contributed by atoms with Crippen LogP contribution in [0, 0.1) is 0 Å². The number of anilines is 1. The van der Waals surface area contributed by atoms with Crippen LogP contribution >= 0.6 is 11.8 Å². The molecule has 1 N–H and O–H groups in total. The Morgan fingerprint density at radius 3 is 2.90 bits per heavy atom. The Morgan fingerprint density at radius 2 is 2.10 bits per heavy atom. The van der Waals surface area contributed by atoms with Crippen molar-refractivity contribution < 1.29 is 0 Å². The van der Waals surface area contributed by atoms with Crippen molar-refractivity contribution in [1.82, 2.24) is 9.55 Å². The van der Waals surface area contributed by atoms with Gasteiger partial charge in [0.2, 0.25) is 0 Å². The van der Waals surface area contributed by atoms with E-state index in [-0.39, 0.29) is 0 Å². The highest BCUT2D eigenvalue weighted by Gasteiger charge is 2.17. The highest BCUT2D eigenvalue weighted by atomic mass is 32.2. The molecule has 2 aromatic rings. The van der Waals surface area contributed by atoms with Gasteiger partial charge in [-0.2, -0.15) is 0 Å². The average Bonchev–Trinajstić information content (AvgIpc) is 3.17. The number of imidazole rings is 1. The molecule has 0 spiro atoms. The zero-order valence-electron chi connectivity index (χ0n) is 12.6. The monoisotopic (exact) mass is 301 g/mol. The van der Waals surface area contributed by atoms with E-state index in [4.69, 9.17) is 0 Å². The molecule has 3 nitrogen and oxygen atoms in total. The number of nitrogens with zero attached hydrogens (tertiary/aromatic N) is 2. The minimum Gasteiger partial charge on any atom is -0.377 e. The van der Waals surface area contributed by atoms with Gasteiger partial charge in [-0.05, 0) is 31.9 Å². The minimum atomic E-state index is 0.781. The van der Waals surface area contributed by atoms with Crippen molar-refractivity contribution >= 4 is 17.4 Å². The Morgan fingerprint density at radius 1 is 1.29 bits per heavy atom. The van der Waals surface area contributed by atoms with Gasteiger partial charge in [0, 0.05) is 34.8 Å². The van der Waals surface area contributed by atoms with Crippen LogP contribution in [-0.2, 0) is 13.1 Å². The van der Waals surface area contributed by atoms with Gasteiger partial charge >= 0.3 is 0 Å². The predicted octanol–water partition coefficient (Wildman–Crippen LogP) is 4.55. The lowest BCUT2D eigenvalue weighted by Gasteiger charge is -2.15. The van der Waals surface area contributed by atoms with Crippen molar-refractivity contribution in [3.05, 3.63) is 42.5 Å². The number of thioether (sulfide) groups is 1. The summed E-state index contributed by atoms with van der Waals surface area (Å²) in [6, 6.07) is 8.65. The van der Waals surface area contributed by atoms with Crippen LogP contribution in [0.2, 0.25) is 0 Å². The van der Waals surface area contributed by atoms with E-state index >= 15 is 0 Å². The van der Waals surface area contributed by atoms with E-state index in [2.05, 4.69) is 46.1 Å². The van der Waals surface area contributed by atoms with Gasteiger partial charge in [-0.15, -0.1) is 11.8 Å².